The topological polar surface area (TPSA) is 154 Å². The molecule has 4 aromatic heterocycles. The van der Waals surface area contributed by atoms with E-state index in [-0.39, 0.29) is 44.7 Å². The molecule has 48 heavy (non-hydrogen) atoms. The molecule has 1 aromatic carbocycles. The van der Waals surface area contributed by atoms with Crippen LogP contribution in [0.5, 0.6) is 5.75 Å². The molecule has 0 spiro atoms. The van der Waals surface area contributed by atoms with Gasteiger partial charge in [-0.1, -0.05) is 42.0 Å². The quantitative estimate of drug-likeness (QED) is 0.121. The van der Waals surface area contributed by atoms with Crippen LogP contribution in [-0.4, -0.2) is 48.9 Å². The molecule has 0 aliphatic heterocycles. The molecule has 0 radical (unpaired) electrons. The summed E-state index contributed by atoms with van der Waals surface area (Å²) in [6, 6.07) is 29.6. The van der Waals surface area contributed by atoms with Crippen LogP contribution in [0.4, 0.5) is 0 Å². The van der Waals surface area contributed by atoms with E-state index >= 15 is 0 Å². The SMILES string of the molecule is Cc1ccc(OP(=O)([O-])[O-])cc1.[64Zn].[64Zn].[O-]C(CN(Cc1ccccn1)Cc1ccccn1)CN(Cc1ccccn1)Cc1ccccn1. The van der Waals surface area contributed by atoms with Gasteiger partial charge >= 0.3 is 0 Å². The van der Waals surface area contributed by atoms with Gasteiger partial charge in [0.15, 0.2) is 0 Å². The molecule has 4 heterocycles. The average Bonchev–Trinajstić information content (AvgIpc) is 3.04. The molecule has 0 N–H and O–H groups in total. The van der Waals surface area contributed by atoms with Crippen molar-refractivity contribution >= 4 is 7.82 Å². The second-order valence-corrected chi connectivity index (χ2v) is 11.7. The van der Waals surface area contributed by atoms with Crippen LogP contribution < -0.4 is 19.4 Å². The van der Waals surface area contributed by atoms with E-state index < -0.39 is 13.9 Å². The Hall–Kier alpha value is -3.10. The van der Waals surface area contributed by atoms with Crippen molar-refractivity contribution in [2.24, 2.45) is 0 Å². The van der Waals surface area contributed by atoms with Gasteiger partial charge in [0.2, 0.25) is 0 Å². The first-order valence-electron chi connectivity index (χ1n) is 14.7. The van der Waals surface area contributed by atoms with Crippen molar-refractivity contribution in [1.82, 2.24) is 29.7 Å². The van der Waals surface area contributed by atoms with E-state index in [2.05, 4.69) is 34.3 Å². The molecule has 0 fully saturated rings. The first-order chi connectivity index (χ1) is 22.2. The van der Waals surface area contributed by atoms with Gasteiger partial charge in [-0.25, -0.2) is 0 Å². The summed E-state index contributed by atoms with van der Waals surface area (Å²) < 4.78 is 14.2. The molecule has 5 aromatic rings. The fourth-order valence-electron chi connectivity index (χ4n) is 4.61. The number of aromatic nitrogens is 4. The Bertz CT molecular complexity index is 1440. The van der Waals surface area contributed by atoms with Gasteiger partial charge < -0.3 is 24.0 Å². The normalized spacial score (nSPS) is 10.9. The van der Waals surface area contributed by atoms with E-state index in [1.165, 1.54) is 12.1 Å². The van der Waals surface area contributed by atoms with Crippen molar-refractivity contribution in [3.05, 3.63) is 150 Å². The Balaban J connectivity index is 0.000000486. The van der Waals surface area contributed by atoms with Crippen LogP contribution in [0.1, 0.15) is 28.3 Å². The molecule has 244 valence electrons. The van der Waals surface area contributed by atoms with Gasteiger partial charge in [-0.3, -0.25) is 29.7 Å². The maximum Gasteiger partial charge on any atom is 0.124 e. The van der Waals surface area contributed by atoms with Crippen molar-refractivity contribution in [3.63, 3.8) is 0 Å². The average molecular weight is 768 g/mol. The van der Waals surface area contributed by atoms with Crippen LogP contribution >= 0.6 is 7.82 Å². The van der Waals surface area contributed by atoms with Crippen molar-refractivity contribution in [2.75, 3.05) is 13.1 Å². The summed E-state index contributed by atoms with van der Waals surface area (Å²) in [6.45, 7) is 4.99. The summed E-state index contributed by atoms with van der Waals surface area (Å²) >= 11 is 0. The summed E-state index contributed by atoms with van der Waals surface area (Å²) in [7, 11) is -4.90. The minimum Gasteiger partial charge on any atom is -0.850 e. The zero-order valence-electron chi connectivity index (χ0n) is 27.0. The third kappa shape index (κ3) is 16.3. The van der Waals surface area contributed by atoms with E-state index in [1.807, 2.05) is 79.7 Å². The zero-order chi connectivity index (χ0) is 32.6. The molecular weight excluding hydrogens is 731 g/mol. The molecule has 0 unspecified atom stereocenters. The van der Waals surface area contributed by atoms with Gasteiger partial charge in [0.1, 0.15) is 13.6 Å². The molecule has 0 saturated carbocycles. The van der Waals surface area contributed by atoms with Gasteiger partial charge in [0.25, 0.3) is 0 Å². The molecule has 0 aliphatic rings. The number of hydrogen-bond acceptors (Lipinski definition) is 11. The maximum absolute atomic E-state index is 13.3. The van der Waals surface area contributed by atoms with Gasteiger partial charge in [0, 0.05) is 89.9 Å². The minimum absolute atomic E-state index is 0. The van der Waals surface area contributed by atoms with Crippen LogP contribution in [0, 0.1) is 6.92 Å². The fraction of sp³-hybridized carbons (Fsp3) is 0.235. The van der Waals surface area contributed by atoms with Crippen molar-refractivity contribution in [1.29, 1.82) is 0 Å². The summed E-state index contributed by atoms with van der Waals surface area (Å²) in [5.74, 6) is 0.0499. The van der Waals surface area contributed by atoms with E-state index in [9.17, 15) is 19.5 Å². The number of pyridine rings is 4. The maximum atomic E-state index is 13.3. The van der Waals surface area contributed by atoms with E-state index in [0.29, 0.717) is 39.3 Å². The summed E-state index contributed by atoms with van der Waals surface area (Å²) in [5.41, 5.74) is 4.71. The van der Waals surface area contributed by atoms with Crippen molar-refractivity contribution in [3.8, 4) is 5.75 Å². The number of nitrogens with zero attached hydrogens (tertiary/aromatic N) is 6. The Kier molecular flexibility index (Phi) is 18.6. The standard InChI is InChI=1S/C27H29N6O.C7H9O4P.2Zn/c34-27(21-32(17-23-9-1-5-13-28-23)18-24-10-2-6-14-29-24)22-33(19-25-11-3-7-15-30-25)20-26-12-4-8-16-31-26;1-6-2-4-7(5-3-6)11-12(8,9)10;;/h1-16,27H,17-22H2;2-5H,1H3,(H2,8,9,10);;/q-1;;;/p-2/i;;2*1-1. The summed E-state index contributed by atoms with van der Waals surface area (Å²) in [6.07, 6.45) is 6.31. The van der Waals surface area contributed by atoms with Crippen LogP contribution in [0.2, 0.25) is 0 Å². The predicted molar refractivity (Wildman–Crippen MR) is 168 cm³/mol. The molecule has 0 aliphatic carbocycles. The van der Waals surface area contributed by atoms with Crippen LogP contribution in [0.3, 0.4) is 0 Å². The van der Waals surface area contributed by atoms with Crippen LogP contribution in [0.15, 0.2) is 122 Å². The van der Waals surface area contributed by atoms with E-state index in [0.717, 1.165) is 28.3 Å². The number of hydrogen-bond donors (Lipinski definition) is 0. The van der Waals surface area contributed by atoms with E-state index in [1.54, 1.807) is 36.9 Å². The molecule has 0 saturated heterocycles. The third-order valence-electron chi connectivity index (χ3n) is 6.61. The van der Waals surface area contributed by atoms with Crippen molar-refractivity contribution in [2.45, 2.75) is 39.2 Å². The number of benzene rings is 1. The van der Waals surface area contributed by atoms with Crippen molar-refractivity contribution < 1.29 is 62.9 Å². The monoisotopic (exact) mass is 767 g/mol. The van der Waals surface area contributed by atoms with Crippen LogP contribution in [-0.2, 0) is 69.7 Å². The van der Waals surface area contributed by atoms with Gasteiger partial charge in [-0.15, -0.1) is 6.10 Å². The Morgan fingerprint density at radius 3 is 1.21 bits per heavy atom. The second kappa shape index (κ2) is 21.8. The second-order valence-electron chi connectivity index (χ2n) is 10.6. The Morgan fingerprint density at radius 1 is 0.604 bits per heavy atom. The smallest absolute Gasteiger partial charge is 0.124 e. The fourth-order valence-corrected chi connectivity index (χ4v) is 4.99. The van der Waals surface area contributed by atoms with Gasteiger partial charge in [0.05, 0.1) is 22.8 Å². The molecular formula is C34H36N6O5PZn2-3. The minimum atomic E-state index is -4.90. The Morgan fingerprint density at radius 2 is 0.938 bits per heavy atom. The third-order valence-corrected chi connectivity index (χ3v) is 7.04. The zero-order valence-corrected chi connectivity index (χ0v) is 33.8. The van der Waals surface area contributed by atoms with Crippen LogP contribution in [0.25, 0.3) is 0 Å². The molecule has 5 rings (SSSR count). The molecule has 0 atom stereocenters. The van der Waals surface area contributed by atoms with E-state index in [4.69, 9.17) is 0 Å². The molecule has 11 nitrogen and oxygen atoms in total. The van der Waals surface area contributed by atoms with Gasteiger partial charge in [-0.2, -0.15) is 0 Å². The first kappa shape index (κ1) is 41.1. The Labute approximate surface area is 307 Å². The molecule has 0 bridgehead atoms. The first-order valence-corrected chi connectivity index (χ1v) is 16.2. The molecule has 14 heteroatoms. The summed E-state index contributed by atoms with van der Waals surface area (Å²) in [4.78, 5) is 42.3. The summed E-state index contributed by atoms with van der Waals surface area (Å²) in [5, 5.41) is 13.3. The number of rotatable bonds is 14. The van der Waals surface area contributed by atoms with Gasteiger partial charge in [-0.05, 0) is 80.7 Å². The molecule has 0 amide bonds. The largest absolute Gasteiger partial charge is 0.850 e. The number of phosphoric acid groups is 1. The predicted octanol–water partition coefficient (Wildman–Crippen LogP) is 2.90. The number of aryl methyl sites for hydroxylation is 1. The number of phosphoric ester groups is 1.